The zero-order chi connectivity index (χ0) is 16.0. The largest absolute Gasteiger partial charge is 0.337 e. The van der Waals surface area contributed by atoms with E-state index in [1.807, 2.05) is 12.4 Å². The Morgan fingerprint density at radius 1 is 1.13 bits per heavy atom. The Kier molecular flexibility index (Phi) is 3.85. The van der Waals surface area contributed by atoms with E-state index >= 15 is 0 Å². The predicted octanol–water partition coefficient (Wildman–Crippen LogP) is 2.53. The van der Waals surface area contributed by atoms with Gasteiger partial charge in [0.25, 0.3) is 0 Å². The third kappa shape index (κ3) is 2.76. The first-order valence-corrected chi connectivity index (χ1v) is 9.14. The first-order chi connectivity index (χ1) is 11.0. The number of rotatable bonds is 4. The Hall–Kier alpha value is -1.13. The highest BCUT2D eigenvalue weighted by molar-refractivity contribution is 5.24. The minimum Gasteiger partial charge on any atom is -0.337 e. The van der Waals surface area contributed by atoms with Gasteiger partial charge in [-0.25, -0.2) is 4.98 Å². The van der Waals surface area contributed by atoms with E-state index in [4.69, 9.17) is 0 Å². The highest BCUT2D eigenvalue weighted by Crippen LogP contribution is 2.59. The molecular formula is C19H30N4. The summed E-state index contributed by atoms with van der Waals surface area (Å²) in [7, 11) is 2.09. The number of hydrogen-bond donors (Lipinski definition) is 0. The topological polar surface area (TPSA) is 24.3 Å². The van der Waals surface area contributed by atoms with E-state index in [0.29, 0.717) is 5.41 Å². The zero-order valence-electron chi connectivity index (χ0n) is 14.8. The minimum atomic E-state index is 0.560. The lowest BCUT2D eigenvalue weighted by molar-refractivity contribution is -0.0121. The maximum atomic E-state index is 4.45. The molecule has 1 saturated carbocycles. The maximum absolute atomic E-state index is 4.45. The molecule has 1 aliphatic heterocycles. The smallest absolute Gasteiger partial charge is 0.122 e. The summed E-state index contributed by atoms with van der Waals surface area (Å²) in [5, 5.41) is 0. The van der Waals surface area contributed by atoms with Gasteiger partial charge in [0.1, 0.15) is 5.82 Å². The fraction of sp³-hybridized carbons (Fsp3) is 0.737. The van der Waals surface area contributed by atoms with Crippen LogP contribution in [-0.4, -0.2) is 52.1 Å². The number of hydrogen-bond acceptors (Lipinski definition) is 3. The van der Waals surface area contributed by atoms with Gasteiger partial charge in [0.15, 0.2) is 0 Å². The van der Waals surface area contributed by atoms with Crippen molar-refractivity contribution >= 4 is 0 Å². The fourth-order valence-electron chi connectivity index (χ4n) is 4.77. The summed E-state index contributed by atoms with van der Waals surface area (Å²) in [6.45, 7) is 11.9. The second-order valence-corrected chi connectivity index (χ2v) is 8.33. The number of aryl methyl sites for hydroxylation is 1. The molecule has 4 heteroatoms. The summed E-state index contributed by atoms with van der Waals surface area (Å²) < 4.78 is 2.13. The molecule has 2 heterocycles. The molecule has 1 aromatic rings. The number of nitrogens with zero attached hydrogens (tertiary/aromatic N) is 4. The van der Waals surface area contributed by atoms with Crippen molar-refractivity contribution in [3.63, 3.8) is 0 Å². The molecule has 0 amide bonds. The number of piperazine rings is 1. The van der Waals surface area contributed by atoms with Crippen molar-refractivity contribution in [3.8, 4) is 0 Å². The molecule has 23 heavy (non-hydrogen) atoms. The first kappa shape index (κ1) is 15.4. The van der Waals surface area contributed by atoms with Gasteiger partial charge < -0.3 is 4.57 Å². The standard InChI is InChI=1S/C19H30N4/c1-19(2)16-5-4-15(17(19)12-16)13-22-8-10-23(11-9-22)14-18-20-6-7-21(18)3/h4,6-7,16-17H,5,8-14H2,1-3H3/t16-,17-/m0/s1. The predicted molar refractivity (Wildman–Crippen MR) is 93.0 cm³/mol. The third-order valence-corrected chi connectivity index (χ3v) is 6.74. The zero-order valence-corrected chi connectivity index (χ0v) is 14.8. The minimum absolute atomic E-state index is 0.560. The van der Waals surface area contributed by atoms with Gasteiger partial charge in [0, 0.05) is 52.2 Å². The highest BCUT2D eigenvalue weighted by atomic mass is 15.3. The Bertz CT molecular complexity index is 592. The van der Waals surface area contributed by atoms with Crippen LogP contribution in [0.5, 0.6) is 0 Å². The number of aromatic nitrogens is 2. The molecule has 0 radical (unpaired) electrons. The van der Waals surface area contributed by atoms with Crippen molar-refractivity contribution in [2.24, 2.45) is 24.3 Å². The number of imidazole rings is 1. The lowest BCUT2D eigenvalue weighted by Crippen LogP contribution is -2.52. The van der Waals surface area contributed by atoms with Crippen LogP contribution in [0.1, 0.15) is 32.5 Å². The Labute approximate surface area is 140 Å². The van der Waals surface area contributed by atoms with E-state index in [0.717, 1.165) is 31.5 Å². The van der Waals surface area contributed by atoms with Crippen LogP contribution < -0.4 is 0 Å². The Morgan fingerprint density at radius 3 is 2.39 bits per heavy atom. The SMILES string of the molecule is Cn1ccnc1CN1CCN(CC2=CC[C@H]3C[C@@H]2C3(C)C)CC1. The van der Waals surface area contributed by atoms with Crippen LogP contribution in [0.15, 0.2) is 24.0 Å². The van der Waals surface area contributed by atoms with Crippen molar-refractivity contribution in [3.05, 3.63) is 29.9 Å². The lowest BCUT2D eigenvalue weighted by Gasteiger charge is -2.57. The average molecular weight is 314 g/mol. The third-order valence-electron chi connectivity index (χ3n) is 6.74. The quantitative estimate of drug-likeness (QED) is 0.798. The van der Waals surface area contributed by atoms with Gasteiger partial charge in [-0.2, -0.15) is 0 Å². The molecule has 1 saturated heterocycles. The molecule has 126 valence electrons. The highest BCUT2D eigenvalue weighted by Gasteiger charge is 2.51. The van der Waals surface area contributed by atoms with Crippen LogP contribution in [-0.2, 0) is 13.6 Å². The molecular weight excluding hydrogens is 284 g/mol. The van der Waals surface area contributed by atoms with Crippen LogP contribution in [0.2, 0.25) is 0 Å². The van der Waals surface area contributed by atoms with Gasteiger partial charge >= 0.3 is 0 Å². The molecule has 1 aromatic heterocycles. The molecule has 4 nitrogen and oxygen atoms in total. The molecule has 2 fully saturated rings. The Morgan fingerprint density at radius 2 is 1.83 bits per heavy atom. The van der Waals surface area contributed by atoms with E-state index < -0.39 is 0 Å². The molecule has 0 N–H and O–H groups in total. The summed E-state index contributed by atoms with van der Waals surface area (Å²) in [4.78, 5) is 9.65. The summed E-state index contributed by atoms with van der Waals surface area (Å²) in [5.41, 5.74) is 2.29. The van der Waals surface area contributed by atoms with Gasteiger partial charge in [-0.05, 0) is 30.1 Å². The van der Waals surface area contributed by atoms with Crippen molar-refractivity contribution in [1.29, 1.82) is 0 Å². The monoisotopic (exact) mass is 314 g/mol. The van der Waals surface area contributed by atoms with Gasteiger partial charge in [-0.15, -0.1) is 0 Å². The van der Waals surface area contributed by atoms with Crippen LogP contribution in [0.25, 0.3) is 0 Å². The molecule has 0 spiro atoms. The second-order valence-electron chi connectivity index (χ2n) is 8.33. The summed E-state index contributed by atoms with van der Waals surface area (Å²) in [5.74, 6) is 2.98. The van der Waals surface area contributed by atoms with E-state index in [9.17, 15) is 0 Å². The van der Waals surface area contributed by atoms with E-state index in [1.165, 1.54) is 38.3 Å². The molecule has 4 aliphatic rings. The van der Waals surface area contributed by atoms with E-state index in [1.54, 1.807) is 5.57 Å². The van der Waals surface area contributed by atoms with Crippen molar-refractivity contribution in [1.82, 2.24) is 19.4 Å². The number of allylic oxidation sites excluding steroid dienone is 1. The summed E-state index contributed by atoms with van der Waals surface area (Å²) >= 11 is 0. The van der Waals surface area contributed by atoms with Gasteiger partial charge in [-0.3, -0.25) is 9.80 Å². The van der Waals surface area contributed by atoms with Crippen LogP contribution >= 0.6 is 0 Å². The van der Waals surface area contributed by atoms with Crippen molar-refractivity contribution in [2.45, 2.75) is 33.2 Å². The molecule has 0 aromatic carbocycles. The van der Waals surface area contributed by atoms with Crippen molar-refractivity contribution in [2.75, 3.05) is 32.7 Å². The fourth-order valence-corrected chi connectivity index (χ4v) is 4.77. The maximum Gasteiger partial charge on any atom is 0.122 e. The van der Waals surface area contributed by atoms with Crippen LogP contribution in [0.4, 0.5) is 0 Å². The van der Waals surface area contributed by atoms with E-state index in [-0.39, 0.29) is 0 Å². The lowest BCUT2D eigenvalue weighted by atomic mass is 9.49. The average Bonchev–Trinajstić information content (AvgIpc) is 2.94. The number of fused-ring (bicyclic) bond motifs is 1. The molecule has 2 atom stereocenters. The van der Waals surface area contributed by atoms with Crippen LogP contribution in [0, 0.1) is 17.3 Å². The van der Waals surface area contributed by atoms with E-state index in [2.05, 4.69) is 46.3 Å². The normalized spacial score (nSPS) is 30.8. The molecule has 2 bridgehead atoms. The van der Waals surface area contributed by atoms with Gasteiger partial charge in [0.2, 0.25) is 0 Å². The second kappa shape index (κ2) is 5.75. The molecule has 3 aliphatic carbocycles. The molecule has 5 rings (SSSR count). The van der Waals surface area contributed by atoms with Crippen molar-refractivity contribution < 1.29 is 0 Å². The summed E-state index contributed by atoms with van der Waals surface area (Å²) in [6, 6.07) is 0. The van der Waals surface area contributed by atoms with Gasteiger partial charge in [0.05, 0.1) is 6.54 Å². The van der Waals surface area contributed by atoms with Gasteiger partial charge in [-0.1, -0.05) is 25.5 Å². The molecule has 0 unspecified atom stereocenters. The Balaban J connectivity index is 1.29. The summed E-state index contributed by atoms with van der Waals surface area (Å²) in [6.07, 6.45) is 9.25. The first-order valence-electron chi connectivity index (χ1n) is 9.14. The van der Waals surface area contributed by atoms with Crippen LogP contribution in [0.3, 0.4) is 0 Å².